The van der Waals surface area contributed by atoms with Crippen LogP contribution in [0.15, 0.2) is 12.1 Å². The van der Waals surface area contributed by atoms with Crippen LogP contribution in [0.25, 0.3) is 0 Å². The topological polar surface area (TPSA) is 59.1 Å². The zero-order valence-electron chi connectivity index (χ0n) is 9.72. The normalized spacial score (nSPS) is 10.5. The molecule has 0 fully saturated rings. The molecule has 0 aliphatic heterocycles. The first-order valence-electron chi connectivity index (χ1n) is 5.04. The molecule has 0 bridgehead atoms. The van der Waals surface area contributed by atoms with Gasteiger partial charge in [-0.25, -0.2) is 0 Å². The van der Waals surface area contributed by atoms with E-state index in [1.807, 2.05) is 32.9 Å². The Labute approximate surface area is 90.8 Å². The summed E-state index contributed by atoms with van der Waals surface area (Å²) in [6.45, 7) is 7.64. The van der Waals surface area contributed by atoms with Crippen molar-refractivity contribution < 1.29 is 4.74 Å². The molecular weight excluding hydrogens is 188 g/mol. The van der Waals surface area contributed by atoms with E-state index in [1.165, 1.54) is 0 Å². The Morgan fingerprint density at radius 2 is 2.00 bits per heavy atom. The fourth-order valence-electron chi connectivity index (χ4n) is 1.42. The second kappa shape index (κ2) is 4.34. The van der Waals surface area contributed by atoms with Crippen LogP contribution in [-0.4, -0.2) is 11.8 Å². The van der Waals surface area contributed by atoms with Crippen LogP contribution in [0.5, 0.6) is 5.75 Å². The van der Waals surface area contributed by atoms with Gasteiger partial charge in [0.25, 0.3) is 0 Å². The van der Waals surface area contributed by atoms with E-state index < -0.39 is 0 Å². The Morgan fingerprint density at radius 1 is 1.40 bits per heavy atom. The molecule has 0 saturated carbocycles. The third-order valence-electron chi connectivity index (χ3n) is 2.11. The van der Waals surface area contributed by atoms with Crippen LogP contribution in [0.4, 0.5) is 5.69 Å². The molecule has 0 aromatic heterocycles. The molecule has 0 atom stereocenters. The van der Waals surface area contributed by atoms with Crippen LogP contribution in [-0.2, 0) is 0 Å². The predicted octanol–water partition coefficient (Wildman–Crippen LogP) is 2.75. The van der Waals surface area contributed by atoms with Crippen molar-refractivity contribution >= 4 is 11.4 Å². The lowest BCUT2D eigenvalue weighted by Crippen LogP contribution is -2.09. The standard InChI is InChI=1S/C12H18N2O/c1-7(2)15-12-6-10(9(4)13)11(14)5-8(12)3/h5-7,13H,14H2,1-4H3. The first kappa shape index (κ1) is 11.6. The molecule has 0 amide bonds. The van der Waals surface area contributed by atoms with Crippen molar-refractivity contribution in [1.29, 1.82) is 5.41 Å². The molecule has 1 aromatic carbocycles. The minimum absolute atomic E-state index is 0.131. The highest BCUT2D eigenvalue weighted by Gasteiger charge is 2.08. The van der Waals surface area contributed by atoms with Gasteiger partial charge >= 0.3 is 0 Å². The minimum atomic E-state index is 0.131. The van der Waals surface area contributed by atoms with Crippen molar-refractivity contribution in [3.63, 3.8) is 0 Å². The van der Waals surface area contributed by atoms with Crippen molar-refractivity contribution in [2.75, 3.05) is 5.73 Å². The van der Waals surface area contributed by atoms with Gasteiger partial charge in [0.05, 0.1) is 6.10 Å². The van der Waals surface area contributed by atoms with Gasteiger partial charge in [-0.3, -0.25) is 0 Å². The zero-order chi connectivity index (χ0) is 11.6. The van der Waals surface area contributed by atoms with Crippen molar-refractivity contribution in [2.45, 2.75) is 33.8 Å². The summed E-state index contributed by atoms with van der Waals surface area (Å²) < 4.78 is 5.64. The average Bonchev–Trinajstić information content (AvgIpc) is 2.08. The number of hydrogen-bond acceptors (Lipinski definition) is 3. The van der Waals surface area contributed by atoms with Crippen LogP contribution < -0.4 is 10.5 Å². The number of benzene rings is 1. The lowest BCUT2D eigenvalue weighted by molar-refractivity contribution is 0.241. The summed E-state index contributed by atoms with van der Waals surface area (Å²) in [5.41, 5.74) is 8.67. The lowest BCUT2D eigenvalue weighted by atomic mass is 10.1. The quantitative estimate of drug-likeness (QED) is 0.590. The maximum Gasteiger partial charge on any atom is 0.123 e. The number of anilines is 1. The Morgan fingerprint density at radius 3 is 2.47 bits per heavy atom. The highest BCUT2D eigenvalue weighted by Crippen LogP contribution is 2.26. The molecule has 0 spiro atoms. The largest absolute Gasteiger partial charge is 0.491 e. The van der Waals surface area contributed by atoms with Crippen LogP contribution in [0.1, 0.15) is 31.9 Å². The lowest BCUT2D eigenvalue weighted by Gasteiger charge is -2.15. The van der Waals surface area contributed by atoms with E-state index in [4.69, 9.17) is 15.9 Å². The first-order valence-corrected chi connectivity index (χ1v) is 5.04. The fraction of sp³-hybridized carbons (Fsp3) is 0.417. The van der Waals surface area contributed by atoms with E-state index in [0.29, 0.717) is 11.4 Å². The highest BCUT2D eigenvalue weighted by molar-refractivity contribution is 6.01. The third kappa shape index (κ3) is 2.72. The Bertz CT molecular complexity index is 383. The number of ether oxygens (including phenoxy) is 1. The van der Waals surface area contributed by atoms with Crippen molar-refractivity contribution in [2.24, 2.45) is 0 Å². The Kier molecular flexibility index (Phi) is 3.35. The number of nitrogens with one attached hydrogen (secondary N) is 1. The van der Waals surface area contributed by atoms with Gasteiger partial charge in [0, 0.05) is 17.0 Å². The van der Waals surface area contributed by atoms with E-state index in [9.17, 15) is 0 Å². The van der Waals surface area contributed by atoms with Crippen molar-refractivity contribution in [1.82, 2.24) is 0 Å². The molecule has 15 heavy (non-hydrogen) atoms. The fourth-order valence-corrected chi connectivity index (χ4v) is 1.42. The van der Waals surface area contributed by atoms with Gasteiger partial charge < -0.3 is 15.9 Å². The van der Waals surface area contributed by atoms with Gasteiger partial charge in [0.15, 0.2) is 0 Å². The molecule has 0 heterocycles. The van der Waals surface area contributed by atoms with E-state index in [0.717, 1.165) is 16.9 Å². The van der Waals surface area contributed by atoms with Gasteiger partial charge in [-0.1, -0.05) is 0 Å². The first-order chi connectivity index (χ1) is 6.91. The number of nitrogen functional groups attached to an aromatic ring is 1. The van der Waals surface area contributed by atoms with Crippen LogP contribution in [0, 0.1) is 12.3 Å². The van der Waals surface area contributed by atoms with E-state index in [1.54, 1.807) is 6.92 Å². The van der Waals surface area contributed by atoms with E-state index in [-0.39, 0.29) is 6.10 Å². The zero-order valence-corrected chi connectivity index (χ0v) is 9.72. The molecule has 0 aliphatic rings. The molecule has 1 rings (SSSR count). The van der Waals surface area contributed by atoms with E-state index >= 15 is 0 Å². The van der Waals surface area contributed by atoms with Gasteiger partial charge in [-0.05, 0) is 45.4 Å². The molecule has 0 aliphatic carbocycles. The second-order valence-corrected chi connectivity index (χ2v) is 4.00. The highest BCUT2D eigenvalue weighted by atomic mass is 16.5. The SMILES string of the molecule is CC(=N)c1cc(OC(C)C)c(C)cc1N. The molecule has 82 valence electrons. The second-order valence-electron chi connectivity index (χ2n) is 4.00. The maximum atomic E-state index is 7.59. The smallest absolute Gasteiger partial charge is 0.123 e. The summed E-state index contributed by atoms with van der Waals surface area (Å²) in [6.07, 6.45) is 0.131. The summed E-state index contributed by atoms with van der Waals surface area (Å²) >= 11 is 0. The van der Waals surface area contributed by atoms with Crippen molar-refractivity contribution in [3.8, 4) is 5.75 Å². The molecular formula is C12H18N2O. The monoisotopic (exact) mass is 206 g/mol. The summed E-state index contributed by atoms with van der Waals surface area (Å²) in [7, 11) is 0. The Balaban J connectivity index is 3.17. The van der Waals surface area contributed by atoms with Crippen LogP contribution >= 0.6 is 0 Å². The minimum Gasteiger partial charge on any atom is -0.491 e. The van der Waals surface area contributed by atoms with Gasteiger partial charge in [-0.2, -0.15) is 0 Å². The Hall–Kier alpha value is -1.51. The number of hydrogen-bond donors (Lipinski definition) is 2. The van der Waals surface area contributed by atoms with Gasteiger partial charge in [-0.15, -0.1) is 0 Å². The molecule has 0 unspecified atom stereocenters. The summed E-state index contributed by atoms with van der Waals surface area (Å²) in [5.74, 6) is 0.806. The molecule has 3 N–H and O–H groups in total. The summed E-state index contributed by atoms with van der Waals surface area (Å²) in [4.78, 5) is 0. The summed E-state index contributed by atoms with van der Waals surface area (Å²) in [6, 6.07) is 3.69. The average molecular weight is 206 g/mol. The number of aryl methyl sites for hydroxylation is 1. The molecule has 3 heteroatoms. The molecule has 3 nitrogen and oxygen atoms in total. The van der Waals surface area contributed by atoms with Gasteiger partial charge in [0.1, 0.15) is 5.75 Å². The predicted molar refractivity (Wildman–Crippen MR) is 63.9 cm³/mol. The molecule has 0 saturated heterocycles. The number of rotatable bonds is 3. The van der Waals surface area contributed by atoms with E-state index in [2.05, 4.69) is 0 Å². The van der Waals surface area contributed by atoms with Crippen LogP contribution in [0.2, 0.25) is 0 Å². The molecule has 0 radical (unpaired) electrons. The molecule has 1 aromatic rings. The summed E-state index contributed by atoms with van der Waals surface area (Å²) in [5, 5.41) is 7.59. The van der Waals surface area contributed by atoms with Gasteiger partial charge in [0.2, 0.25) is 0 Å². The third-order valence-corrected chi connectivity index (χ3v) is 2.11. The van der Waals surface area contributed by atoms with Crippen molar-refractivity contribution in [3.05, 3.63) is 23.3 Å². The maximum absolute atomic E-state index is 7.59. The number of nitrogens with two attached hydrogens (primary N) is 1. The van der Waals surface area contributed by atoms with Crippen LogP contribution in [0.3, 0.4) is 0 Å².